The van der Waals surface area contributed by atoms with Crippen molar-refractivity contribution in [3.8, 4) is 0 Å². The van der Waals surface area contributed by atoms with Gasteiger partial charge < -0.3 is 10.1 Å². The lowest BCUT2D eigenvalue weighted by atomic mass is 10.1. The summed E-state index contributed by atoms with van der Waals surface area (Å²) in [6.07, 6.45) is 1.60. The molecule has 150 valence electrons. The Kier molecular flexibility index (Phi) is 7.07. The van der Waals surface area contributed by atoms with Crippen molar-refractivity contribution in [2.75, 3.05) is 32.8 Å². The minimum Gasteiger partial charge on any atom is -0.379 e. The average molecular weight is 423 g/mol. The van der Waals surface area contributed by atoms with Gasteiger partial charge in [-0.3, -0.25) is 4.79 Å². The Morgan fingerprint density at radius 1 is 1.11 bits per heavy atom. The Bertz CT molecular complexity index is 910. The smallest absolute Gasteiger partial charge is 0.251 e. The molecule has 6 nitrogen and oxygen atoms in total. The summed E-state index contributed by atoms with van der Waals surface area (Å²) in [5.74, 6) is -0.282. The first-order valence-corrected chi connectivity index (χ1v) is 11.0. The number of rotatable bonds is 7. The summed E-state index contributed by atoms with van der Waals surface area (Å²) >= 11 is 5.87. The Labute approximate surface area is 170 Å². The number of carbonyl (C=O) groups is 1. The van der Waals surface area contributed by atoms with Gasteiger partial charge in [0.05, 0.1) is 18.1 Å². The maximum atomic E-state index is 12.7. The van der Waals surface area contributed by atoms with Crippen LogP contribution in [0.4, 0.5) is 0 Å². The van der Waals surface area contributed by atoms with E-state index in [9.17, 15) is 13.2 Å². The number of morpholine rings is 1. The van der Waals surface area contributed by atoms with Crippen LogP contribution in [0, 0.1) is 0 Å². The Morgan fingerprint density at radius 2 is 1.82 bits per heavy atom. The van der Waals surface area contributed by atoms with Crippen LogP contribution in [0.1, 0.15) is 22.3 Å². The molecule has 1 heterocycles. The molecular weight excluding hydrogens is 400 g/mol. The van der Waals surface area contributed by atoms with Gasteiger partial charge in [-0.2, -0.15) is 4.31 Å². The molecule has 0 bridgehead atoms. The molecule has 0 atom stereocenters. The highest BCUT2D eigenvalue weighted by Crippen LogP contribution is 2.18. The second-order valence-corrected chi connectivity index (χ2v) is 8.90. The number of hydrogen-bond donors (Lipinski definition) is 1. The molecule has 2 aromatic carbocycles. The lowest BCUT2D eigenvalue weighted by molar-refractivity contribution is 0.0730. The van der Waals surface area contributed by atoms with E-state index in [1.807, 2.05) is 24.3 Å². The van der Waals surface area contributed by atoms with Crippen molar-refractivity contribution in [1.29, 1.82) is 0 Å². The van der Waals surface area contributed by atoms with Crippen molar-refractivity contribution in [3.05, 3.63) is 64.7 Å². The molecule has 1 saturated heterocycles. The molecule has 1 aliphatic rings. The van der Waals surface area contributed by atoms with Crippen LogP contribution < -0.4 is 5.32 Å². The Balaban J connectivity index is 1.56. The van der Waals surface area contributed by atoms with Crippen LogP contribution in [0.5, 0.6) is 0 Å². The molecule has 0 saturated carbocycles. The highest BCUT2D eigenvalue weighted by atomic mass is 35.5. The third kappa shape index (κ3) is 5.32. The van der Waals surface area contributed by atoms with Crippen LogP contribution in [0.2, 0.25) is 5.02 Å². The summed E-state index contributed by atoms with van der Waals surface area (Å²) in [6, 6.07) is 13.8. The maximum Gasteiger partial charge on any atom is 0.251 e. The van der Waals surface area contributed by atoms with Crippen molar-refractivity contribution >= 4 is 27.5 Å². The summed E-state index contributed by atoms with van der Waals surface area (Å²) < 4.78 is 32.1. The average Bonchev–Trinajstić information content (AvgIpc) is 2.73. The molecule has 0 radical (unpaired) electrons. The van der Waals surface area contributed by atoms with E-state index >= 15 is 0 Å². The third-order valence-corrected chi connectivity index (χ3v) is 6.69. The van der Waals surface area contributed by atoms with Crippen LogP contribution in [-0.4, -0.2) is 51.5 Å². The third-order valence-electron chi connectivity index (χ3n) is 4.55. The van der Waals surface area contributed by atoms with E-state index in [4.69, 9.17) is 16.3 Å². The predicted octanol–water partition coefficient (Wildman–Crippen LogP) is 2.72. The molecule has 1 N–H and O–H groups in total. The second-order valence-electron chi connectivity index (χ2n) is 6.53. The number of nitrogens with one attached hydrogen (secondary N) is 1. The summed E-state index contributed by atoms with van der Waals surface area (Å²) in [6.45, 7) is 1.91. The molecule has 0 spiro atoms. The van der Waals surface area contributed by atoms with Gasteiger partial charge in [-0.1, -0.05) is 29.8 Å². The van der Waals surface area contributed by atoms with Gasteiger partial charge in [0.2, 0.25) is 10.0 Å². The van der Waals surface area contributed by atoms with Crippen molar-refractivity contribution in [2.45, 2.75) is 17.7 Å². The fraction of sp³-hybridized carbons (Fsp3) is 0.350. The number of sulfonamides is 1. The molecule has 1 amide bonds. The topological polar surface area (TPSA) is 75.7 Å². The summed E-state index contributed by atoms with van der Waals surface area (Å²) in [7, 11) is -3.62. The molecule has 2 aromatic rings. The van der Waals surface area contributed by atoms with E-state index in [2.05, 4.69) is 5.32 Å². The monoisotopic (exact) mass is 422 g/mol. The van der Waals surface area contributed by atoms with Crippen molar-refractivity contribution < 1.29 is 17.9 Å². The number of benzene rings is 2. The number of carbonyl (C=O) groups excluding carboxylic acids is 1. The first kappa shape index (κ1) is 20.8. The van der Waals surface area contributed by atoms with Crippen LogP contribution in [0.15, 0.2) is 53.4 Å². The number of halogens is 1. The van der Waals surface area contributed by atoms with Gasteiger partial charge in [-0.15, -0.1) is 0 Å². The lowest BCUT2D eigenvalue weighted by Crippen LogP contribution is -2.40. The van der Waals surface area contributed by atoms with E-state index < -0.39 is 10.0 Å². The van der Waals surface area contributed by atoms with Crippen LogP contribution in [0.3, 0.4) is 0 Å². The Morgan fingerprint density at radius 3 is 2.54 bits per heavy atom. The zero-order valence-electron chi connectivity index (χ0n) is 15.4. The Hall–Kier alpha value is -1.93. The van der Waals surface area contributed by atoms with Crippen LogP contribution >= 0.6 is 11.6 Å². The molecule has 0 aliphatic carbocycles. The number of aryl methyl sites for hydroxylation is 1. The van der Waals surface area contributed by atoms with E-state index in [0.717, 1.165) is 18.4 Å². The predicted molar refractivity (Wildman–Crippen MR) is 108 cm³/mol. The largest absolute Gasteiger partial charge is 0.379 e. The summed E-state index contributed by atoms with van der Waals surface area (Å²) in [5.41, 5.74) is 1.48. The minimum atomic E-state index is -3.62. The summed E-state index contributed by atoms with van der Waals surface area (Å²) in [5, 5.41) is 3.54. The minimum absolute atomic E-state index is 0.128. The fourth-order valence-corrected chi connectivity index (χ4v) is 4.56. The van der Waals surface area contributed by atoms with E-state index in [0.29, 0.717) is 43.4 Å². The zero-order valence-corrected chi connectivity index (χ0v) is 17.0. The number of amides is 1. The maximum absolute atomic E-state index is 12.7. The van der Waals surface area contributed by atoms with E-state index in [1.165, 1.54) is 16.4 Å². The fourth-order valence-electron chi connectivity index (χ4n) is 2.98. The molecule has 3 rings (SSSR count). The van der Waals surface area contributed by atoms with Gasteiger partial charge in [-0.05, 0) is 48.7 Å². The van der Waals surface area contributed by atoms with E-state index in [-0.39, 0.29) is 10.8 Å². The highest BCUT2D eigenvalue weighted by Gasteiger charge is 2.26. The quantitative estimate of drug-likeness (QED) is 0.696. The van der Waals surface area contributed by atoms with Gasteiger partial charge in [-0.25, -0.2) is 8.42 Å². The van der Waals surface area contributed by atoms with Crippen LogP contribution in [-0.2, 0) is 21.2 Å². The van der Waals surface area contributed by atoms with Gasteiger partial charge in [0.25, 0.3) is 5.91 Å². The normalized spacial score (nSPS) is 15.3. The lowest BCUT2D eigenvalue weighted by Gasteiger charge is -2.26. The number of hydrogen-bond acceptors (Lipinski definition) is 4. The molecular formula is C20H23ClN2O4S. The molecule has 0 aromatic heterocycles. The van der Waals surface area contributed by atoms with Gasteiger partial charge in [0.15, 0.2) is 0 Å². The molecule has 28 heavy (non-hydrogen) atoms. The first-order valence-electron chi connectivity index (χ1n) is 9.17. The van der Waals surface area contributed by atoms with Crippen molar-refractivity contribution in [2.24, 2.45) is 0 Å². The van der Waals surface area contributed by atoms with E-state index in [1.54, 1.807) is 12.1 Å². The number of nitrogens with zero attached hydrogens (tertiary/aromatic N) is 1. The molecule has 1 fully saturated rings. The zero-order chi connectivity index (χ0) is 20.0. The van der Waals surface area contributed by atoms with Crippen molar-refractivity contribution in [3.63, 3.8) is 0 Å². The van der Waals surface area contributed by atoms with Gasteiger partial charge in [0.1, 0.15) is 0 Å². The SMILES string of the molecule is O=C(NCCCc1ccc(Cl)cc1)c1cccc(S(=O)(=O)N2CCOCC2)c1. The number of ether oxygens (including phenoxy) is 1. The highest BCUT2D eigenvalue weighted by molar-refractivity contribution is 7.89. The summed E-state index contributed by atoms with van der Waals surface area (Å²) in [4.78, 5) is 12.5. The first-order chi connectivity index (χ1) is 13.5. The molecule has 8 heteroatoms. The molecule has 0 unspecified atom stereocenters. The van der Waals surface area contributed by atoms with Crippen molar-refractivity contribution in [1.82, 2.24) is 9.62 Å². The molecule has 1 aliphatic heterocycles. The standard InChI is InChI=1S/C20H23ClN2O4S/c21-18-8-6-16(7-9-18)3-2-10-22-20(24)17-4-1-5-19(15-17)28(25,26)23-11-13-27-14-12-23/h1,4-9,15H,2-3,10-14H2,(H,22,24). The van der Waals surface area contributed by atoms with Gasteiger partial charge >= 0.3 is 0 Å². The van der Waals surface area contributed by atoms with Gasteiger partial charge in [0, 0.05) is 30.2 Å². The second kappa shape index (κ2) is 9.52. The van der Waals surface area contributed by atoms with Crippen LogP contribution in [0.25, 0.3) is 0 Å².